The molecule has 3 unspecified atom stereocenters. The van der Waals surface area contributed by atoms with Crippen molar-refractivity contribution >= 4 is 109 Å². The van der Waals surface area contributed by atoms with Gasteiger partial charge in [0.25, 0.3) is 6.48 Å². The van der Waals surface area contributed by atoms with E-state index in [0.717, 1.165) is 28.8 Å². The number of hydrogen-bond donors (Lipinski definition) is 4. The zero-order valence-corrected chi connectivity index (χ0v) is 50.8. The highest BCUT2D eigenvalue weighted by Crippen LogP contribution is 2.40. The second kappa shape index (κ2) is 33.1. The van der Waals surface area contributed by atoms with Gasteiger partial charge < -0.3 is 39.9 Å². The van der Waals surface area contributed by atoms with Crippen LogP contribution in [0.1, 0.15) is 174 Å². The Morgan fingerprint density at radius 2 is 1.05 bits per heavy atom. The molecule has 0 aromatic carbocycles. The molecule has 20 heteroatoms. The van der Waals surface area contributed by atoms with E-state index in [1.54, 1.807) is 18.2 Å². The summed E-state index contributed by atoms with van der Waals surface area (Å²) in [5.74, 6) is 4.44. The number of nitrogens with two attached hydrogens (primary N) is 1. The van der Waals surface area contributed by atoms with Crippen molar-refractivity contribution in [3.63, 3.8) is 0 Å². The molecular weight excluding hydrogens is 1090 g/mol. The van der Waals surface area contributed by atoms with E-state index in [-0.39, 0.29) is 23.8 Å². The average molecular weight is 1180 g/mol. The van der Waals surface area contributed by atoms with Gasteiger partial charge >= 0.3 is 6.09 Å². The normalized spacial score (nSPS) is 21.7. The van der Waals surface area contributed by atoms with Gasteiger partial charge in [0.1, 0.15) is 26.6 Å². The molecule has 1 amide bonds. The van der Waals surface area contributed by atoms with E-state index in [1.165, 1.54) is 77.0 Å². The third-order valence-corrected chi connectivity index (χ3v) is 15.8. The summed E-state index contributed by atoms with van der Waals surface area (Å²) in [7, 11) is 0. The second-order valence-electron chi connectivity index (χ2n) is 21.6. The van der Waals surface area contributed by atoms with Crippen LogP contribution < -0.4 is 21.7 Å². The molecule has 3 aliphatic rings. The van der Waals surface area contributed by atoms with Gasteiger partial charge in [-0.15, -0.1) is 0 Å². The molecule has 5 N–H and O–H groups in total. The zero-order valence-electron chi connectivity index (χ0n) is 46.3. The largest absolute Gasteiger partial charge is 0.444 e. The van der Waals surface area contributed by atoms with Crippen LogP contribution in [0.2, 0.25) is 30.9 Å². The summed E-state index contributed by atoms with van der Waals surface area (Å²) >= 11 is 36.4. The molecule has 76 heavy (non-hydrogen) atoms. The number of nitrogen functional groups attached to an aromatic ring is 1. The fraction of sp³-hybridized carbons (Fsp3) is 0.696. The molecule has 4 aromatic heterocycles. The molecule has 4 aromatic rings. The smallest absolute Gasteiger partial charge is 0.412 e. The minimum absolute atomic E-state index is 0. The molecule has 0 bridgehead atoms. The summed E-state index contributed by atoms with van der Waals surface area (Å²) in [4.78, 5) is 28.9. The van der Waals surface area contributed by atoms with Crippen molar-refractivity contribution < 1.29 is 23.7 Å². The molecule has 7 rings (SSSR count). The Bertz CT molecular complexity index is 2310. The summed E-state index contributed by atoms with van der Waals surface area (Å²) in [6.07, 6.45) is 16.5. The van der Waals surface area contributed by atoms with E-state index in [2.05, 4.69) is 82.0 Å². The van der Waals surface area contributed by atoms with Gasteiger partial charge in [-0.2, -0.15) is 0 Å². The standard InChI is InChI=1S/C19H29Cl2N3O2.C15H19Cl2N3.C14H21Cl2N3.C7H16O3.CH4/c1-11-6-8-13(9-7-11)12(2)22-16-14(10-15(20)24-17(16)21)23-18(25)26-19(3,4)5;1-9-3-5-11(6-4-9)10(2)20-8-18-12-7-13(16)19-15(17)14(12)20;1-8-3-5-10(6-4-8)9(2)18-13-11(17)7-12(15)19-14(13)16;1-4-8-7(9-5-2)10-6-3;/h10-13,22H,6-9H2,1-5H3,(H,23,24,25);7-11H,3-6H2,1-2H3;7-10,18H,3-6H2,1-2H3,(H2,17,19);7H,4-6H2,1-3H3;1H4. The first-order valence-electron chi connectivity index (χ1n) is 27.0. The highest BCUT2D eigenvalue weighted by Gasteiger charge is 2.29. The third kappa shape index (κ3) is 22.0. The number of imidazole rings is 1. The first-order chi connectivity index (χ1) is 35.4. The van der Waals surface area contributed by atoms with Crippen LogP contribution in [0.25, 0.3) is 11.0 Å². The molecule has 0 radical (unpaired) electrons. The SMILES string of the molecule is C.CC1CCC(C(C)Nc2c(N)cc(Cl)nc2Cl)CC1.CC1CCC(C(C)Nc2c(NC(=O)OC(C)(C)C)cc(Cl)nc2Cl)CC1.CC1CCC(C(C)n2cnc3cc(Cl)nc(Cl)c32)CC1.CCOC(OCC)OCC. The van der Waals surface area contributed by atoms with Gasteiger partial charge in [-0.1, -0.05) is 136 Å². The van der Waals surface area contributed by atoms with Crippen LogP contribution in [0, 0.1) is 35.5 Å². The Morgan fingerprint density at radius 1 is 0.645 bits per heavy atom. The lowest BCUT2D eigenvalue weighted by molar-refractivity contribution is -0.282. The van der Waals surface area contributed by atoms with Crippen LogP contribution in [0.15, 0.2) is 24.5 Å². The van der Waals surface area contributed by atoms with Crippen LogP contribution in [0.3, 0.4) is 0 Å². The number of carbonyl (C=O) groups excluding carboxylic acids is 1. The molecule has 3 atom stereocenters. The van der Waals surface area contributed by atoms with Crippen molar-refractivity contribution in [3.8, 4) is 0 Å². The van der Waals surface area contributed by atoms with E-state index in [4.69, 9.17) is 94.3 Å². The Morgan fingerprint density at radius 3 is 1.50 bits per heavy atom. The molecule has 430 valence electrons. The predicted octanol–water partition coefficient (Wildman–Crippen LogP) is 18.1. The van der Waals surface area contributed by atoms with Gasteiger partial charge in [-0.3, -0.25) is 5.32 Å². The molecule has 0 aliphatic heterocycles. The average Bonchev–Trinajstić information content (AvgIpc) is 3.76. The summed E-state index contributed by atoms with van der Waals surface area (Å²) in [5.41, 5.74) is 9.40. The fourth-order valence-electron chi connectivity index (χ4n) is 9.88. The van der Waals surface area contributed by atoms with Crippen molar-refractivity contribution in [2.75, 3.05) is 41.5 Å². The van der Waals surface area contributed by atoms with Crippen molar-refractivity contribution in [2.45, 2.75) is 198 Å². The Balaban J connectivity index is 0.000000277. The van der Waals surface area contributed by atoms with E-state index in [0.29, 0.717) is 93.0 Å². The van der Waals surface area contributed by atoms with Gasteiger partial charge in [-0.05, 0) is 136 Å². The Labute approximate surface area is 485 Å². The Hall–Kier alpha value is -2.79. The number of rotatable bonds is 15. The maximum Gasteiger partial charge on any atom is 0.412 e. The number of hydrogen-bond acceptors (Lipinski definition) is 12. The summed E-state index contributed by atoms with van der Waals surface area (Å²) in [6.45, 7) is 26.1. The van der Waals surface area contributed by atoms with Crippen molar-refractivity contribution in [1.29, 1.82) is 0 Å². The number of aromatic nitrogens is 5. The van der Waals surface area contributed by atoms with E-state index in [9.17, 15) is 4.79 Å². The maximum absolute atomic E-state index is 12.2. The topological polar surface area (TPSA) is 173 Å². The van der Waals surface area contributed by atoms with Gasteiger partial charge in [0.05, 0.1) is 34.6 Å². The highest BCUT2D eigenvalue weighted by molar-refractivity contribution is 6.36. The molecule has 0 spiro atoms. The monoisotopic (exact) mass is 1180 g/mol. The van der Waals surface area contributed by atoms with Crippen LogP contribution in [-0.2, 0) is 18.9 Å². The van der Waals surface area contributed by atoms with Crippen LogP contribution in [-0.4, -0.2) is 74.6 Å². The summed E-state index contributed by atoms with van der Waals surface area (Å²) < 4.78 is 22.7. The quantitative estimate of drug-likeness (QED) is 0.0657. The van der Waals surface area contributed by atoms with Gasteiger partial charge in [-0.25, -0.2) is 24.7 Å². The van der Waals surface area contributed by atoms with E-state index >= 15 is 0 Å². The third-order valence-electron chi connectivity index (χ3n) is 14.4. The number of pyridine rings is 3. The molecule has 14 nitrogen and oxygen atoms in total. The molecule has 3 fully saturated rings. The fourth-order valence-corrected chi connectivity index (χ4v) is 11.4. The molecule has 4 heterocycles. The van der Waals surface area contributed by atoms with Crippen LogP contribution in [0.5, 0.6) is 0 Å². The first kappa shape index (κ1) is 67.5. The minimum Gasteiger partial charge on any atom is -0.444 e. The second-order valence-corrected chi connectivity index (χ2v) is 23.8. The molecule has 3 aliphatic carbocycles. The first-order valence-corrected chi connectivity index (χ1v) is 29.2. The van der Waals surface area contributed by atoms with Gasteiger partial charge in [0.2, 0.25) is 0 Å². The molecule has 3 saturated carbocycles. The number of fused-ring (bicyclic) bond motifs is 1. The zero-order chi connectivity index (χ0) is 55.6. The van der Waals surface area contributed by atoms with Gasteiger partial charge in [0.15, 0.2) is 15.5 Å². The van der Waals surface area contributed by atoms with Crippen LogP contribution in [0.4, 0.5) is 27.5 Å². The van der Waals surface area contributed by atoms with Crippen LogP contribution >= 0.6 is 69.6 Å². The summed E-state index contributed by atoms with van der Waals surface area (Å²) in [6, 6.07) is 5.93. The number of carbonyl (C=O) groups is 1. The minimum atomic E-state index is -0.593. The predicted molar refractivity (Wildman–Crippen MR) is 320 cm³/mol. The van der Waals surface area contributed by atoms with E-state index in [1.807, 2.05) is 47.9 Å². The lowest BCUT2D eigenvalue weighted by Crippen LogP contribution is -2.31. The Kier molecular flexibility index (Phi) is 29.4. The maximum atomic E-state index is 12.2. The number of halogens is 6. The number of amides is 1. The number of ether oxygens (including phenoxy) is 4. The number of anilines is 4. The summed E-state index contributed by atoms with van der Waals surface area (Å²) in [5, 5.41) is 11.5. The lowest BCUT2D eigenvalue weighted by atomic mass is 9.79. The molecular formula is C56H89Cl6N9O5. The van der Waals surface area contributed by atoms with E-state index < -0.39 is 18.2 Å². The van der Waals surface area contributed by atoms with Gasteiger partial charge in [0, 0.05) is 56.1 Å². The van der Waals surface area contributed by atoms with Crippen molar-refractivity contribution in [2.24, 2.45) is 35.5 Å². The van der Waals surface area contributed by atoms with Crippen molar-refractivity contribution in [3.05, 3.63) is 55.4 Å². The molecule has 0 saturated heterocycles. The highest BCUT2D eigenvalue weighted by atomic mass is 35.5. The number of nitrogens with one attached hydrogen (secondary N) is 3. The number of nitrogens with zero attached hydrogens (tertiary/aromatic N) is 5. The lowest BCUT2D eigenvalue weighted by Gasteiger charge is -2.32. The van der Waals surface area contributed by atoms with Crippen molar-refractivity contribution in [1.82, 2.24) is 24.5 Å².